The molecule has 0 radical (unpaired) electrons. The highest BCUT2D eigenvalue weighted by Gasteiger charge is 2.23. The van der Waals surface area contributed by atoms with Gasteiger partial charge in [-0.1, -0.05) is 25.1 Å². The Balaban J connectivity index is 3.10. The number of rotatable bonds is 4. The summed E-state index contributed by atoms with van der Waals surface area (Å²) in [6.07, 6.45) is 0.414. The van der Waals surface area contributed by atoms with Crippen molar-refractivity contribution in [1.82, 2.24) is 4.90 Å². The van der Waals surface area contributed by atoms with Gasteiger partial charge < -0.3 is 0 Å². The zero-order chi connectivity index (χ0) is 11.4. The summed E-state index contributed by atoms with van der Waals surface area (Å²) in [4.78, 5) is 13.4. The van der Waals surface area contributed by atoms with E-state index in [1.54, 1.807) is 44.1 Å². The summed E-state index contributed by atoms with van der Waals surface area (Å²) < 4.78 is 13.5. The first-order chi connectivity index (χ1) is 7.07. The Labute approximate surface area is 89.7 Å². The maximum Gasteiger partial charge on any atom is 0.154 e. The summed E-state index contributed by atoms with van der Waals surface area (Å²) >= 11 is 0. The van der Waals surface area contributed by atoms with E-state index < -0.39 is 6.04 Å². The van der Waals surface area contributed by atoms with E-state index >= 15 is 0 Å². The van der Waals surface area contributed by atoms with E-state index in [2.05, 4.69) is 0 Å². The summed E-state index contributed by atoms with van der Waals surface area (Å²) in [5, 5.41) is 0. The Morgan fingerprint density at radius 3 is 2.47 bits per heavy atom. The number of nitrogens with zero attached hydrogens (tertiary/aromatic N) is 1. The number of ketones is 1. The largest absolute Gasteiger partial charge is 0.298 e. The van der Waals surface area contributed by atoms with Crippen molar-refractivity contribution >= 4 is 5.78 Å². The van der Waals surface area contributed by atoms with Crippen LogP contribution in [0.1, 0.15) is 24.9 Å². The highest BCUT2D eigenvalue weighted by atomic mass is 19.1. The molecule has 0 aliphatic carbocycles. The van der Waals surface area contributed by atoms with E-state index in [0.29, 0.717) is 12.0 Å². The average Bonchev–Trinajstić information content (AvgIpc) is 2.20. The van der Waals surface area contributed by atoms with E-state index in [-0.39, 0.29) is 11.6 Å². The number of likely N-dealkylation sites (N-methyl/N-ethyl adjacent to an activating group) is 1. The van der Waals surface area contributed by atoms with Gasteiger partial charge in [0, 0.05) is 12.0 Å². The lowest BCUT2D eigenvalue weighted by molar-refractivity contribution is -0.123. The van der Waals surface area contributed by atoms with E-state index in [9.17, 15) is 9.18 Å². The highest BCUT2D eigenvalue weighted by Crippen LogP contribution is 2.22. The lowest BCUT2D eigenvalue weighted by Crippen LogP contribution is -2.28. The molecule has 0 aromatic heterocycles. The van der Waals surface area contributed by atoms with Gasteiger partial charge in [-0.25, -0.2) is 4.39 Å². The Bertz CT molecular complexity index is 349. The number of carbonyl (C=O) groups excluding carboxylic acids is 1. The van der Waals surface area contributed by atoms with Crippen molar-refractivity contribution in [2.24, 2.45) is 0 Å². The van der Waals surface area contributed by atoms with Crippen LogP contribution in [0.15, 0.2) is 24.3 Å². The van der Waals surface area contributed by atoms with Crippen LogP contribution >= 0.6 is 0 Å². The maximum absolute atomic E-state index is 13.5. The maximum atomic E-state index is 13.5. The summed E-state index contributed by atoms with van der Waals surface area (Å²) in [6.45, 7) is 1.79. The minimum absolute atomic E-state index is 0.0325. The number of carbonyl (C=O) groups is 1. The molecule has 82 valence electrons. The first-order valence-corrected chi connectivity index (χ1v) is 5.01. The summed E-state index contributed by atoms with van der Waals surface area (Å²) in [7, 11) is 3.56. The van der Waals surface area contributed by atoms with Gasteiger partial charge in [-0.05, 0) is 20.2 Å². The lowest BCUT2D eigenvalue weighted by Gasteiger charge is -2.23. The van der Waals surface area contributed by atoms with Gasteiger partial charge in [0.15, 0.2) is 5.78 Å². The molecule has 1 aromatic rings. The van der Waals surface area contributed by atoms with Gasteiger partial charge in [0.05, 0.1) is 6.04 Å². The topological polar surface area (TPSA) is 20.3 Å². The van der Waals surface area contributed by atoms with E-state index in [0.717, 1.165) is 0 Å². The zero-order valence-corrected chi connectivity index (χ0v) is 9.33. The molecule has 15 heavy (non-hydrogen) atoms. The molecule has 0 saturated heterocycles. The molecule has 0 spiro atoms. The fourth-order valence-corrected chi connectivity index (χ4v) is 1.63. The summed E-state index contributed by atoms with van der Waals surface area (Å²) in [5.41, 5.74) is 0.453. The van der Waals surface area contributed by atoms with Crippen molar-refractivity contribution in [3.05, 3.63) is 35.6 Å². The van der Waals surface area contributed by atoms with Crippen molar-refractivity contribution in [3.63, 3.8) is 0 Å². The van der Waals surface area contributed by atoms with E-state index in [1.165, 1.54) is 6.07 Å². The zero-order valence-electron chi connectivity index (χ0n) is 9.33. The molecule has 0 N–H and O–H groups in total. The SMILES string of the molecule is CCC(=O)[C@H](c1ccccc1F)N(C)C. The van der Waals surface area contributed by atoms with Crippen molar-refractivity contribution < 1.29 is 9.18 Å². The lowest BCUT2D eigenvalue weighted by atomic mass is 10.00. The van der Waals surface area contributed by atoms with Gasteiger partial charge in [-0.2, -0.15) is 0 Å². The normalized spacial score (nSPS) is 12.9. The molecule has 1 aromatic carbocycles. The van der Waals surface area contributed by atoms with Crippen LogP contribution in [0.25, 0.3) is 0 Å². The van der Waals surface area contributed by atoms with Crippen molar-refractivity contribution in [2.45, 2.75) is 19.4 Å². The predicted octanol–water partition coefficient (Wildman–Crippen LogP) is 2.41. The van der Waals surface area contributed by atoms with Crippen molar-refractivity contribution in [1.29, 1.82) is 0 Å². The third-order valence-corrected chi connectivity index (χ3v) is 2.37. The molecule has 0 aliphatic rings. The first-order valence-electron chi connectivity index (χ1n) is 5.01. The molecular weight excluding hydrogens is 193 g/mol. The Morgan fingerprint density at radius 2 is 2.00 bits per heavy atom. The summed E-state index contributed by atoms with van der Waals surface area (Å²) in [5.74, 6) is -0.289. The van der Waals surface area contributed by atoms with Crippen LogP contribution in [-0.2, 0) is 4.79 Å². The van der Waals surface area contributed by atoms with Gasteiger partial charge in [0.25, 0.3) is 0 Å². The molecule has 0 heterocycles. The Hall–Kier alpha value is -1.22. The number of benzene rings is 1. The monoisotopic (exact) mass is 209 g/mol. The number of hydrogen-bond donors (Lipinski definition) is 0. The second kappa shape index (κ2) is 5.03. The van der Waals surface area contributed by atoms with E-state index in [4.69, 9.17) is 0 Å². The van der Waals surface area contributed by atoms with Crippen molar-refractivity contribution in [3.8, 4) is 0 Å². The predicted molar refractivity (Wildman–Crippen MR) is 58.1 cm³/mol. The van der Waals surface area contributed by atoms with Crippen LogP contribution < -0.4 is 0 Å². The van der Waals surface area contributed by atoms with Gasteiger partial charge in [0.2, 0.25) is 0 Å². The van der Waals surface area contributed by atoms with Crippen LogP contribution in [0.2, 0.25) is 0 Å². The average molecular weight is 209 g/mol. The molecule has 0 unspecified atom stereocenters. The van der Waals surface area contributed by atoms with Crippen LogP contribution in [0.3, 0.4) is 0 Å². The minimum atomic E-state index is -0.476. The van der Waals surface area contributed by atoms with Crippen LogP contribution in [0.5, 0.6) is 0 Å². The number of halogens is 1. The molecule has 0 fully saturated rings. The molecule has 0 amide bonds. The fourth-order valence-electron chi connectivity index (χ4n) is 1.63. The number of Topliss-reactive ketones (excluding diaryl/α,β-unsaturated/α-hetero) is 1. The third kappa shape index (κ3) is 2.63. The quantitative estimate of drug-likeness (QED) is 0.759. The minimum Gasteiger partial charge on any atom is -0.298 e. The van der Waals surface area contributed by atoms with Crippen LogP contribution in [0.4, 0.5) is 4.39 Å². The molecule has 1 atom stereocenters. The Morgan fingerprint density at radius 1 is 1.40 bits per heavy atom. The molecule has 0 aliphatic heterocycles. The molecule has 1 rings (SSSR count). The highest BCUT2D eigenvalue weighted by molar-refractivity contribution is 5.85. The van der Waals surface area contributed by atoms with Gasteiger partial charge >= 0.3 is 0 Å². The van der Waals surface area contributed by atoms with Crippen molar-refractivity contribution in [2.75, 3.05) is 14.1 Å². The molecule has 3 heteroatoms. The van der Waals surface area contributed by atoms with Gasteiger partial charge in [-0.3, -0.25) is 9.69 Å². The Kier molecular flexibility index (Phi) is 3.97. The molecule has 2 nitrogen and oxygen atoms in total. The standard InChI is InChI=1S/C12H16FNO/c1-4-11(15)12(14(2)3)9-7-5-6-8-10(9)13/h5-8,12H,4H2,1-3H3/t12-/m0/s1. The fraction of sp³-hybridized carbons (Fsp3) is 0.417. The van der Waals surface area contributed by atoms with Crippen LogP contribution in [-0.4, -0.2) is 24.8 Å². The van der Waals surface area contributed by atoms with E-state index in [1.807, 2.05) is 0 Å². The summed E-state index contributed by atoms with van der Waals surface area (Å²) in [6, 6.07) is 5.94. The van der Waals surface area contributed by atoms with Gasteiger partial charge in [0.1, 0.15) is 5.82 Å². The third-order valence-electron chi connectivity index (χ3n) is 2.37. The molecule has 0 saturated carbocycles. The molecular formula is C12H16FNO. The second-order valence-corrected chi connectivity index (χ2v) is 3.71. The number of hydrogen-bond acceptors (Lipinski definition) is 2. The molecule has 0 bridgehead atoms. The smallest absolute Gasteiger partial charge is 0.154 e. The van der Waals surface area contributed by atoms with Crippen LogP contribution in [0, 0.1) is 5.82 Å². The second-order valence-electron chi connectivity index (χ2n) is 3.71. The first kappa shape index (κ1) is 11.9. The van der Waals surface area contributed by atoms with Gasteiger partial charge in [-0.15, -0.1) is 0 Å².